The molecule has 2 fully saturated rings. The summed E-state index contributed by atoms with van der Waals surface area (Å²) in [4.78, 5) is 4.82. The summed E-state index contributed by atoms with van der Waals surface area (Å²) in [5.74, 6) is 0.909. The lowest BCUT2D eigenvalue weighted by Crippen LogP contribution is -2.46. The minimum atomic E-state index is 0.264. The fourth-order valence-corrected chi connectivity index (χ4v) is 3.34. The van der Waals surface area contributed by atoms with Crippen molar-refractivity contribution in [2.75, 3.05) is 42.6 Å². The zero-order valence-corrected chi connectivity index (χ0v) is 15.2. The molecule has 25 heavy (non-hydrogen) atoms. The zero-order valence-electron chi connectivity index (χ0n) is 14.4. The standard InChI is InChI=1S/C20H23ClN2O2/c1-15-20(25-15)14-24-19-8-6-18(7-9-19)23-12-10-22(11-13-23)17-4-2-16(21)3-5-17/h2-9,15,20H,10-14H2,1H3/t15-,20-/m1/s1. The van der Waals surface area contributed by atoms with Crippen LogP contribution in [0.25, 0.3) is 0 Å². The molecule has 0 saturated carbocycles. The molecule has 2 aromatic rings. The van der Waals surface area contributed by atoms with Crippen molar-refractivity contribution in [3.63, 3.8) is 0 Å². The van der Waals surface area contributed by atoms with Gasteiger partial charge in [0.2, 0.25) is 0 Å². The number of ether oxygens (including phenoxy) is 2. The van der Waals surface area contributed by atoms with Gasteiger partial charge in [-0.1, -0.05) is 11.6 Å². The third-order valence-corrected chi connectivity index (χ3v) is 5.18. The van der Waals surface area contributed by atoms with Gasteiger partial charge in [0.25, 0.3) is 0 Å². The van der Waals surface area contributed by atoms with E-state index < -0.39 is 0 Å². The Morgan fingerprint density at radius 1 is 0.920 bits per heavy atom. The SMILES string of the molecule is C[C@H]1O[C@@H]1COc1ccc(N2CCN(c3ccc(Cl)cc3)CC2)cc1. The third kappa shape index (κ3) is 4.02. The van der Waals surface area contributed by atoms with Crippen molar-refractivity contribution in [3.8, 4) is 5.75 Å². The van der Waals surface area contributed by atoms with Crippen LogP contribution >= 0.6 is 11.6 Å². The lowest BCUT2D eigenvalue weighted by molar-refractivity contribution is 0.261. The van der Waals surface area contributed by atoms with Gasteiger partial charge < -0.3 is 19.3 Å². The molecule has 0 bridgehead atoms. The summed E-state index contributed by atoms with van der Waals surface area (Å²) in [7, 11) is 0. The Bertz CT molecular complexity index is 697. The molecule has 0 radical (unpaired) electrons. The molecular weight excluding hydrogens is 336 g/mol. The van der Waals surface area contributed by atoms with Gasteiger partial charge >= 0.3 is 0 Å². The molecule has 2 aromatic carbocycles. The monoisotopic (exact) mass is 358 g/mol. The lowest BCUT2D eigenvalue weighted by Gasteiger charge is -2.37. The highest BCUT2D eigenvalue weighted by atomic mass is 35.5. The number of nitrogens with zero attached hydrogens (tertiary/aromatic N) is 2. The normalized spacial score (nSPS) is 22.8. The number of benzene rings is 2. The Morgan fingerprint density at radius 2 is 1.40 bits per heavy atom. The molecular formula is C20H23ClN2O2. The van der Waals surface area contributed by atoms with E-state index in [4.69, 9.17) is 21.1 Å². The van der Waals surface area contributed by atoms with E-state index in [-0.39, 0.29) is 6.10 Å². The Hall–Kier alpha value is -1.91. The summed E-state index contributed by atoms with van der Waals surface area (Å²) in [6.07, 6.45) is 0.608. The predicted molar refractivity (Wildman–Crippen MR) is 102 cm³/mol. The van der Waals surface area contributed by atoms with E-state index >= 15 is 0 Å². The molecule has 0 N–H and O–H groups in total. The number of rotatable bonds is 5. The first kappa shape index (κ1) is 16.6. The number of epoxide rings is 1. The van der Waals surface area contributed by atoms with Crippen LogP contribution in [0.15, 0.2) is 48.5 Å². The molecule has 2 aliphatic rings. The largest absolute Gasteiger partial charge is 0.491 e. The van der Waals surface area contributed by atoms with E-state index in [0.29, 0.717) is 12.7 Å². The Kier molecular flexibility index (Phi) is 4.73. The van der Waals surface area contributed by atoms with Gasteiger partial charge in [0, 0.05) is 42.6 Å². The summed E-state index contributed by atoms with van der Waals surface area (Å²) >= 11 is 5.97. The van der Waals surface area contributed by atoms with Crippen LogP contribution in [0.5, 0.6) is 5.75 Å². The Labute approximate surface area is 153 Å². The molecule has 2 atom stereocenters. The molecule has 2 heterocycles. The number of hydrogen-bond acceptors (Lipinski definition) is 4. The van der Waals surface area contributed by atoms with Gasteiger partial charge in [-0.2, -0.15) is 0 Å². The van der Waals surface area contributed by atoms with Crippen molar-refractivity contribution < 1.29 is 9.47 Å². The quantitative estimate of drug-likeness (QED) is 0.759. The molecule has 2 saturated heterocycles. The summed E-state index contributed by atoms with van der Waals surface area (Å²) in [6.45, 7) is 6.75. The van der Waals surface area contributed by atoms with Crippen molar-refractivity contribution in [3.05, 3.63) is 53.6 Å². The molecule has 0 spiro atoms. The van der Waals surface area contributed by atoms with Gasteiger partial charge in [-0.15, -0.1) is 0 Å². The molecule has 0 aromatic heterocycles. The van der Waals surface area contributed by atoms with Crippen molar-refractivity contribution >= 4 is 23.0 Å². The maximum atomic E-state index is 5.97. The molecule has 2 aliphatic heterocycles. The van der Waals surface area contributed by atoms with Crippen molar-refractivity contribution in [1.29, 1.82) is 0 Å². The molecule has 132 valence electrons. The smallest absolute Gasteiger partial charge is 0.119 e. The highest BCUT2D eigenvalue weighted by Gasteiger charge is 2.34. The number of anilines is 2. The van der Waals surface area contributed by atoms with Crippen LogP contribution < -0.4 is 14.5 Å². The Balaban J connectivity index is 1.30. The van der Waals surface area contributed by atoms with Crippen LogP contribution in [0.4, 0.5) is 11.4 Å². The zero-order chi connectivity index (χ0) is 17.2. The van der Waals surface area contributed by atoms with E-state index in [1.807, 2.05) is 24.3 Å². The minimum Gasteiger partial charge on any atom is -0.491 e. The van der Waals surface area contributed by atoms with Crippen LogP contribution in [0.1, 0.15) is 6.92 Å². The lowest BCUT2D eigenvalue weighted by atomic mass is 10.2. The van der Waals surface area contributed by atoms with Crippen LogP contribution in [0.2, 0.25) is 5.02 Å². The van der Waals surface area contributed by atoms with Crippen molar-refractivity contribution in [2.45, 2.75) is 19.1 Å². The van der Waals surface area contributed by atoms with E-state index in [1.165, 1.54) is 11.4 Å². The first-order valence-electron chi connectivity index (χ1n) is 8.83. The van der Waals surface area contributed by atoms with E-state index in [2.05, 4.69) is 41.0 Å². The van der Waals surface area contributed by atoms with Crippen LogP contribution in [0, 0.1) is 0 Å². The van der Waals surface area contributed by atoms with Crippen LogP contribution in [-0.4, -0.2) is 45.0 Å². The second-order valence-corrected chi connectivity index (χ2v) is 7.07. The highest BCUT2D eigenvalue weighted by Crippen LogP contribution is 2.25. The second-order valence-electron chi connectivity index (χ2n) is 6.64. The number of piperazine rings is 1. The Morgan fingerprint density at radius 3 is 1.88 bits per heavy atom. The molecule has 4 nitrogen and oxygen atoms in total. The maximum absolute atomic E-state index is 5.97. The highest BCUT2D eigenvalue weighted by molar-refractivity contribution is 6.30. The predicted octanol–water partition coefficient (Wildman–Crippen LogP) is 3.83. The summed E-state index contributed by atoms with van der Waals surface area (Å²) < 4.78 is 11.1. The van der Waals surface area contributed by atoms with E-state index in [1.54, 1.807) is 0 Å². The van der Waals surface area contributed by atoms with Gasteiger partial charge in [0.15, 0.2) is 0 Å². The first-order chi connectivity index (χ1) is 12.2. The molecule has 0 aliphatic carbocycles. The average molecular weight is 359 g/mol. The minimum absolute atomic E-state index is 0.264. The summed E-state index contributed by atoms with van der Waals surface area (Å²) in [6, 6.07) is 16.5. The van der Waals surface area contributed by atoms with Crippen LogP contribution in [-0.2, 0) is 4.74 Å². The second kappa shape index (κ2) is 7.14. The molecule has 4 rings (SSSR count). The number of hydrogen-bond donors (Lipinski definition) is 0. The summed E-state index contributed by atoms with van der Waals surface area (Å²) in [5.41, 5.74) is 2.49. The van der Waals surface area contributed by atoms with Gasteiger partial charge in [-0.3, -0.25) is 0 Å². The fourth-order valence-electron chi connectivity index (χ4n) is 3.21. The van der Waals surface area contributed by atoms with Gasteiger partial charge in [-0.05, 0) is 55.5 Å². The van der Waals surface area contributed by atoms with E-state index in [0.717, 1.165) is 37.0 Å². The summed E-state index contributed by atoms with van der Waals surface area (Å²) in [5, 5.41) is 0.785. The molecule has 0 amide bonds. The number of halogens is 1. The van der Waals surface area contributed by atoms with Gasteiger partial charge in [-0.25, -0.2) is 0 Å². The van der Waals surface area contributed by atoms with Crippen molar-refractivity contribution in [1.82, 2.24) is 0 Å². The van der Waals surface area contributed by atoms with Crippen LogP contribution in [0.3, 0.4) is 0 Å². The molecule has 5 heteroatoms. The van der Waals surface area contributed by atoms with Gasteiger partial charge in [0.05, 0.1) is 6.10 Å². The molecule has 0 unspecified atom stereocenters. The fraction of sp³-hybridized carbons (Fsp3) is 0.400. The van der Waals surface area contributed by atoms with Crippen molar-refractivity contribution in [2.24, 2.45) is 0 Å². The topological polar surface area (TPSA) is 28.2 Å². The third-order valence-electron chi connectivity index (χ3n) is 4.92. The maximum Gasteiger partial charge on any atom is 0.119 e. The van der Waals surface area contributed by atoms with E-state index in [9.17, 15) is 0 Å². The first-order valence-corrected chi connectivity index (χ1v) is 9.20. The average Bonchev–Trinajstić information content (AvgIpc) is 3.37. The van der Waals surface area contributed by atoms with Gasteiger partial charge in [0.1, 0.15) is 18.5 Å².